The van der Waals surface area contributed by atoms with E-state index in [2.05, 4.69) is 15.3 Å². The van der Waals surface area contributed by atoms with E-state index >= 15 is 0 Å². The lowest BCUT2D eigenvalue weighted by Gasteiger charge is -2.16. The third-order valence-electron chi connectivity index (χ3n) is 3.90. The van der Waals surface area contributed by atoms with Crippen molar-refractivity contribution >= 4 is 0 Å². The van der Waals surface area contributed by atoms with E-state index in [1.807, 2.05) is 38.4 Å². The van der Waals surface area contributed by atoms with Crippen LogP contribution in [0, 0.1) is 6.92 Å². The van der Waals surface area contributed by atoms with Gasteiger partial charge in [-0.1, -0.05) is 12.5 Å². The van der Waals surface area contributed by atoms with Crippen LogP contribution in [0.1, 0.15) is 42.3 Å². The van der Waals surface area contributed by atoms with Gasteiger partial charge in [0, 0.05) is 29.2 Å². The second kappa shape index (κ2) is 5.67. The zero-order valence-electron chi connectivity index (χ0n) is 12.1. The number of nitrogens with one attached hydrogen (secondary N) is 1. The lowest BCUT2D eigenvalue weighted by atomic mass is 10.1. The molecule has 0 radical (unpaired) electrons. The maximum Gasteiger partial charge on any atom is 0.178 e. The second-order valence-electron chi connectivity index (χ2n) is 5.35. The Morgan fingerprint density at radius 3 is 2.90 bits per heavy atom. The Morgan fingerprint density at radius 1 is 1.20 bits per heavy atom. The molecule has 20 heavy (non-hydrogen) atoms. The molecule has 2 aromatic rings. The summed E-state index contributed by atoms with van der Waals surface area (Å²) in [6, 6.07) is 6.35. The molecular formula is C16H20N4. The van der Waals surface area contributed by atoms with Gasteiger partial charge in [0.25, 0.3) is 0 Å². The van der Waals surface area contributed by atoms with Crippen LogP contribution < -0.4 is 5.32 Å². The van der Waals surface area contributed by atoms with E-state index in [9.17, 15) is 0 Å². The van der Waals surface area contributed by atoms with Crippen LogP contribution in [0.5, 0.6) is 0 Å². The molecule has 4 nitrogen and oxygen atoms in total. The van der Waals surface area contributed by atoms with E-state index in [0.29, 0.717) is 6.04 Å². The fraction of sp³-hybridized carbons (Fsp3) is 0.438. The summed E-state index contributed by atoms with van der Waals surface area (Å²) in [5.74, 6) is 0.740. The standard InChI is InChI=1S/C16H20N4/c1-11-6-5-9-15(19-11)16-18-10-12-13(17-2)7-3-4-8-14(12)20-16/h5-6,9-10,13,17H,3-4,7-8H2,1-2H3. The predicted octanol–water partition coefficient (Wildman–Crippen LogP) is 2.83. The molecule has 0 spiro atoms. The van der Waals surface area contributed by atoms with Crippen LogP contribution in [0.2, 0.25) is 0 Å². The van der Waals surface area contributed by atoms with E-state index < -0.39 is 0 Å². The Kier molecular flexibility index (Phi) is 3.74. The van der Waals surface area contributed by atoms with Gasteiger partial charge in [-0.05, 0) is 45.4 Å². The zero-order valence-corrected chi connectivity index (χ0v) is 12.1. The van der Waals surface area contributed by atoms with Crippen molar-refractivity contribution < 1.29 is 0 Å². The fourth-order valence-corrected chi connectivity index (χ4v) is 2.81. The Balaban J connectivity index is 2.02. The molecule has 0 amide bonds. The Morgan fingerprint density at radius 2 is 2.10 bits per heavy atom. The van der Waals surface area contributed by atoms with Crippen LogP contribution in [0.3, 0.4) is 0 Å². The van der Waals surface area contributed by atoms with Gasteiger partial charge in [0.2, 0.25) is 0 Å². The van der Waals surface area contributed by atoms with Crippen molar-refractivity contribution in [2.75, 3.05) is 7.05 Å². The molecule has 1 N–H and O–H groups in total. The largest absolute Gasteiger partial charge is 0.313 e. The minimum atomic E-state index is 0.381. The predicted molar refractivity (Wildman–Crippen MR) is 79.4 cm³/mol. The molecule has 0 saturated carbocycles. The minimum absolute atomic E-state index is 0.381. The Labute approximate surface area is 119 Å². The number of fused-ring (bicyclic) bond motifs is 1. The van der Waals surface area contributed by atoms with Crippen molar-refractivity contribution in [2.24, 2.45) is 0 Å². The van der Waals surface area contributed by atoms with Gasteiger partial charge in [0.1, 0.15) is 5.69 Å². The Bertz CT molecular complexity index is 609. The maximum absolute atomic E-state index is 4.77. The highest BCUT2D eigenvalue weighted by Gasteiger charge is 2.19. The molecule has 2 heterocycles. The van der Waals surface area contributed by atoms with E-state index in [1.54, 1.807) is 0 Å². The van der Waals surface area contributed by atoms with Crippen molar-refractivity contribution in [3.8, 4) is 11.5 Å². The van der Waals surface area contributed by atoms with Gasteiger partial charge < -0.3 is 5.32 Å². The number of aryl methyl sites for hydroxylation is 2. The molecule has 104 valence electrons. The molecule has 0 bridgehead atoms. The van der Waals surface area contributed by atoms with Crippen molar-refractivity contribution in [3.63, 3.8) is 0 Å². The molecular weight excluding hydrogens is 248 g/mol. The Hall–Kier alpha value is -1.81. The summed E-state index contributed by atoms with van der Waals surface area (Å²) in [5.41, 5.74) is 4.28. The van der Waals surface area contributed by atoms with Gasteiger partial charge in [-0.25, -0.2) is 15.0 Å². The van der Waals surface area contributed by atoms with Gasteiger partial charge in [0.05, 0.1) is 0 Å². The van der Waals surface area contributed by atoms with E-state index in [4.69, 9.17) is 4.98 Å². The summed E-state index contributed by atoms with van der Waals surface area (Å²) in [4.78, 5) is 13.8. The first kappa shape index (κ1) is 13.2. The summed E-state index contributed by atoms with van der Waals surface area (Å²) in [7, 11) is 2.01. The monoisotopic (exact) mass is 268 g/mol. The number of pyridine rings is 1. The second-order valence-corrected chi connectivity index (χ2v) is 5.35. The van der Waals surface area contributed by atoms with Gasteiger partial charge in [-0.3, -0.25) is 0 Å². The van der Waals surface area contributed by atoms with E-state index in [-0.39, 0.29) is 0 Å². The average Bonchev–Trinajstić information content (AvgIpc) is 2.68. The molecule has 1 unspecified atom stereocenters. The molecule has 0 fully saturated rings. The van der Waals surface area contributed by atoms with Crippen molar-refractivity contribution in [2.45, 2.75) is 38.6 Å². The number of hydrogen-bond acceptors (Lipinski definition) is 4. The first-order valence-corrected chi connectivity index (χ1v) is 7.25. The number of hydrogen-bond donors (Lipinski definition) is 1. The van der Waals surface area contributed by atoms with Gasteiger partial charge in [0.15, 0.2) is 5.82 Å². The van der Waals surface area contributed by atoms with E-state index in [1.165, 1.54) is 24.1 Å². The van der Waals surface area contributed by atoms with Crippen molar-refractivity contribution in [1.29, 1.82) is 0 Å². The van der Waals surface area contributed by atoms with Crippen LogP contribution >= 0.6 is 0 Å². The van der Waals surface area contributed by atoms with E-state index in [0.717, 1.165) is 30.1 Å². The third-order valence-corrected chi connectivity index (χ3v) is 3.90. The normalized spacial score (nSPS) is 18.4. The van der Waals surface area contributed by atoms with Crippen LogP contribution in [0.15, 0.2) is 24.4 Å². The topological polar surface area (TPSA) is 50.7 Å². The highest BCUT2D eigenvalue weighted by molar-refractivity contribution is 5.50. The molecule has 0 aromatic carbocycles. The summed E-state index contributed by atoms with van der Waals surface area (Å²) in [5, 5.41) is 3.37. The molecule has 1 atom stereocenters. The van der Waals surface area contributed by atoms with Crippen LogP contribution in [-0.2, 0) is 6.42 Å². The summed E-state index contributed by atoms with van der Waals surface area (Å²) < 4.78 is 0. The number of nitrogens with zero attached hydrogens (tertiary/aromatic N) is 3. The molecule has 4 heteroatoms. The lowest BCUT2D eigenvalue weighted by molar-refractivity contribution is 0.532. The first-order chi connectivity index (χ1) is 9.78. The molecule has 1 aliphatic carbocycles. The first-order valence-electron chi connectivity index (χ1n) is 7.25. The average molecular weight is 268 g/mol. The van der Waals surface area contributed by atoms with Gasteiger partial charge in [-0.15, -0.1) is 0 Å². The summed E-state index contributed by atoms with van der Waals surface area (Å²) in [6.07, 6.45) is 6.61. The number of aromatic nitrogens is 3. The quantitative estimate of drug-likeness (QED) is 0.851. The van der Waals surface area contributed by atoms with Crippen LogP contribution in [0.4, 0.5) is 0 Å². The minimum Gasteiger partial charge on any atom is -0.313 e. The number of rotatable bonds is 2. The SMILES string of the molecule is CNC1CCCCc2nc(-c3cccc(C)n3)ncc21. The summed E-state index contributed by atoms with van der Waals surface area (Å²) >= 11 is 0. The van der Waals surface area contributed by atoms with Crippen LogP contribution in [-0.4, -0.2) is 22.0 Å². The highest BCUT2D eigenvalue weighted by Crippen LogP contribution is 2.28. The molecule has 1 aliphatic rings. The third kappa shape index (κ3) is 2.56. The maximum atomic E-state index is 4.77. The lowest BCUT2D eigenvalue weighted by Crippen LogP contribution is -2.17. The molecule has 0 saturated heterocycles. The fourth-order valence-electron chi connectivity index (χ4n) is 2.81. The highest BCUT2D eigenvalue weighted by atomic mass is 14.9. The molecule has 3 rings (SSSR count). The van der Waals surface area contributed by atoms with Crippen molar-refractivity contribution in [3.05, 3.63) is 41.3 Å². The van der Waals surface area contributed by atoms with Crippen molar-refractivity contribution in [1.82, 2.24) is 20.3 Å². The zero-order chi connectivity index (χ0) is 13.9. The van der Waals surface area contributed by atoms with Gasteiger partial charge >= 0.3 is 0 Å². The molecule has 2 aromatic heterocycles. The van der Waals surface area contributed by atoms with Crippen LogP contribution in [0.25, 0.3) is 11.5 Å². The molecule has 0 aliphatic heterocycles. The smallest absolute Gasteiger partial charge is 0.178 e. The summed E-state index contributed by atoms with van der Waals surface area (Å²) in [6.45, 7) is 1.99. The van der Waals surface area contributed by atoms with Gasteiger partial charge in [-0.2, -0.15) is 0 Å².